The van der Waals surface area contributed by atoms with E-state index in [1.54, 1.807) is 22.2 Å². The molecule has 15 aromatic rings. The summed E-state index contributed by atoms with van der Waals surface area (Å²) in [5, 5.41) is 61.9. The second-order valence-corrected chi connectivity index (χ2v) is 62.0. The van der Waals surface area contributed by atoms with E-state index in [-0.39, 0.29) is 76.5 Å². The van der Waals surface area contributed by atoms with Gasteiger partial charge in [-0.2, -0.15) is 0 Å². The molecule has 3 fully saturated rings. The molecule has 3 aliphatic rings. The Bertz CT molecular complexity index is 6520. The van der Waals surface area contributed by atoms with Crippen molar-refractivity contribution in [1.29, 1.82) is 0 Å². The molecule has 145 heavy (non-hydrogen) atoms. The molecule has 15 heterocycles. The summed E-state index contributed by atoms with van der Waals surface area (Å²) in [7, 11) is -2.26. The van der Waals surface area contributed by atoms with Gasteiger partial charge < -0.3 is 28.8 Å². The third-order valence-corrected chi connectivity index (χ3v) is 56.8. The number of hydrogen-bond acceptors (Lipinski definition) is 28. The zero-order valence-corrected chi connectivity index (χ0v) is 100. The molecular weight excluding hydrogens is 2680 g/mol. The monoisotopic (exact) mass is 2790 g/mol. The predicted molar refractivity (Wildman–Crippen MR) is 558 cm³/mol. The van der Waals surface area contributed by atoms with E-state index in [1.807, 2.05) is 6.07 Å². The fourth-order valence-electron chi connectivity index (χ4n) is 15.3. The third-order valence-electron chi connectivity index (χ3n) is 21.6. The third kappa shape index (κ3) is 31.8. The number of esters is 8. The second-order valence-electron chi connectivity index (χ2n) is 32.2. The molecule has 15 atom stereocenters. The van der Waals surface area contributed by atoms with Crippen LogP contribution in [0.25, 0.3) is 71.0 Å². The Hall–Kier alpha value is -6.64. The summed E-state index contributed by atoms with van der Waals surface area (Å²) in [5.41, 5.74) is 0. The van der Waals surface area contributed by atoms with E-state index < -0.39 is 154 Å². The molecule has 18 rings (SSSR count). The Morgan fingerprint density at radius 2 is 0.566 bits per heavy atom. The van der Waals surface area contributed by atoms with E-state index in [9.17, 15) is 63.9 Å². The van der Waals surface area contributed by atoms with Crippen LogP contribution in [0.1, 0.15) is 73.1 Å². The van der Waals surface area contributed by atoms with Gasteiger partial charge in [-0.05, 0) is 0 Å². The molecule has 762 valence electrons. The van der Waals surface area contributed by atoms with Crippen LogP contribution in [0.4, 0.5) is 0 Å². The molecule has 0 amide bonds. The molecule has 28 nitrogen and oxygen atoms in total. The van der Waals surface area contributed by atoms with E-state index in [1.165, 1.54) is 101 Å². The van der Waals surface area contributed by atoms with E-state index in [4.69, 9.17) is 71.2 Å². The number of hydrogen-bond donors (Lipinski definition) is 6. The standard InChI is InChI=1S/C31H24OPSe3.C27H28O10Se3.C19H20O6Se3.C14H20O10.C13H10OSe3/c1-4-11-24(12-5-1)33(25-13-6-2-7-14-25,26-15-8-3-9-16-26)32-23-27-18-19-30(35-27)31-21-20-29(36-31)28-17-10-22-34-28;1-14(28)32-13-19-24(34-15(2)29)25(35-16(3)30)26(36-17(4)31)27(37-19)33-12-18-7-8-22(39-18)23-10-9-21(40-23)20-6-5-11-38-20;20-8-11-16(21)17(22)18(23)19(25-11)24-9-10-3-4-14(27-10)15-6-5-13(28-15)12-2-1-7-26-12;1-6(15)20-5-10-11(21-7(2)16)12(22-8(3)17)13(14(19)24-10)23-9(4)18;14-8-9-3-4-12(16-9)13-6-5-11(17-13)10-2-1-7-15-10/h1-22H,23H2;5-11,19,24-27H,12-13H2,1-4H3;1-7,11,16-23H,8-9H2;10-14,19H,5H2,1-4H3;1-7,14H,8H2/q+1;;;;. The number of carbonyl (C=O) groups is 8. The van der Waals surface area contributed by atoms with Crippen molar-refractivity contribution in [3.05, 3.63) is 274 Å². The van der Waals surface area contributed by atoms with Crippen molar-refractivity contribution in [1.82, 2.24) is 0 Å². The van der Waals surface area contributed by atoms with E-state index in [2.05, 4.69) is 250 Å². The van der Waals surface area contributed by atoms with Gasteiger partial charge in [-0.1, -0.05) is 0 Å². The second kappa shape index (κ2) is 56.1. The van der Waals surface area contributed by atoms with Crippen molar-refractivity contribution in [2.45, 2.75) is 174 Å². The topological polar surface area (TPSA) is 387 Å². The van der Waals surface area contributed by atoms with Gasteiger partial charge in [0.05, 0.1) is 0 Å². The van der Waals surface area contributed by atoms with Gasteiger partial charge in [-0.25, -0.2) is 0 Å². The Morgan fingerprint density at radius 1 is 0.276 bits per heavy atom. The number of aliphatic hydroxyl groups excluding tert-OH is 6. The minimum absolute atomic E-state index is 0.0304. The molecule has 0 aliphatic carbocycles. The first-order chi connectivity index (χ1) is 70.0. The molecule has 3 saturated heterocycles. The number of aliphatic hydroxyl groups is 6. The number of carbonyl (C=O) groups excluding carboxylic acids is 8. The van der Waals surface area contributed by atoms with Crippen molar-refractivity contribution in [2.75, 3.05) is 19.8 Å². The SMILES string of the molecule is CC(=O)OCC1OC(O)C(OC(C)=O)C(OC(C)=O)C1OC(C)=O.CC(=O)OCC1OC(OCc2ccc(-c3ccc(-c4ccc[se]4)[se]3)[se]2)C(OC(C)=O)C(OC(C)=O)C1OC(C)=O.OCC1OC(OCc2ccc(-c3ccc(-c4ccc[se]4)[se]3)[se]2)C(O)C(O)C1O.OCc1ccc(-c2ccc(-c3ccc[se]3)[se]2)[se]1.c1ccc([P+](OCc2ccc(-c3ccc(-c4ccc[se]4)[se]3)[se]2)(c2ccccc2)c2ccccc2)cc1. The van der Waals surface area contributed by atoms with E-state index in [0.29, 0.717) is 137 Å². The molecular formula is C104H102O28PSe12+. The Balaban J connectivity index is 0.000000147. The summed E-state index contributed by atoms with van der Waals surface area (Å²) in [6.07, 6.45) is -18.9. The van der Waals surface area contributed by atoms with Crippen LogP contribution < -0.4 is 15.9 Å². The molecule has 15 unspecified atom stereocenters. The summed E-state index contributed by atoms with van der Waals surface area (Å²) >= 11 is 4.31. The van der Waals surface area contributed by atoms with Crippen LogP contribution in [0.2, 0.25) is 0 Å². The predicted octanol–water partition coefficient (Wildman–Crippen LogP) is 7.66. The first-order valence-corrected chi connectivity index (χ1v) is 67.8. The van der Waals surface area contributed by atoms with E-state index >= 15 is 0 Å². The van der Waals surface area contributed by atoms with Gasteiger partial charge in [0.15, 0.2) is 24.6 Å². The number of rotatable bonds is 32. The van der Waals surface area contributed by atoms with Gasteiger partial charge >= 0.3 is 806 Å². The van der Waals surface area contributed by atoms with Crippen LogP contribution in [-0.2, 0) is 131 Å². The zero-order valence-electron chi connectivity index (χ0n) is 78.9. The molecule has 12 aromatic heterocycles. The van der Waals surface area contributed by atoms with Gasteiger partial charge in [0, 0.05) is 27.7 Å². The van der Waals surface area contributed by atoms with Crippen molar-refractivity contribution in [3.8, 4) is 71.0 Å². The molecule has 3 aliphatic heterocycles. The average molecular weight is 2780 g/mol. The normalized spacial score (nSPS) is 20.6. The number of ether oxygens (including phenoxy) is 13. The summed E-state index contributed by atoms with van der Waals surface area (Å²) in [4.78, 5) is 101. The van der Waals surface area contributed by atoms with Crippen molar-refractivity contribution in [2.24, 2.45) is 0 Å². The fourth-order valence-corrected chi connectivity index (χ4v) is 45.9. The van der Waals surface area contributed by atoms with Gasteiger partial charge in [-0.15, -0.1) is 0 Å². The molecule has 0 bridgehead atoms. The molecule has 41 heteroatoms. The van der Waals surface area contributed by atoms with Crippen LogP contribution in [-0.4, -0.2) is 364 Å². The van der Waals surface area contributed by atoms with Crippen molar-refractivity contribution < 1.29 is 135 Å². The zero-order chi connectivity index (χ0) is 103. The molecule has 3 aromatic carbocycles. The first kappa shape index (κ1) is 114. The maximum absolute atomic E-state index is 12.0. The Labute approximate surface area is 909 Å². The van der Waals surface area contributed by atoms with Crippen LogP contribution >= 0.6 is 7.49 Å². The summed E-state index contributed by atoms with van der Waals surface area (Å²) in [6.45, 7) is 9.45. The molecule has 0 spiro atoms. The van der Waals surface area contributed by atoms with Crippen LogP contribution in [0.3, 0.4) is 0 Å². The van der Waals surface area contributed by atoms with Crippen LogP contribution in [0.15, 0.2) is 256 Å². The Morgan fingerprint density at radius 3 is 0.897 bits per heavy atom. The van der Waals surface area contributed by atoms with Crippen molar-refractivity contribution in [3.63, 3.8) is 0 Å². The quantitative estimate of drug-likeness (QED) is 0.0102. The van der Waals surface area contributed by atoms with Crippen molar-refractivity contribution >= 4 is 245 Å². The average Bonchev–Trinajstić information content (AvgIpc) is 1.19. The van der Waals surface area contributed by atoms with Crippen LogP contribution in [0.5, 0.6) is 0 Å². The van der Waals surface area contributed by atoms with Gasteiger partial charge in [-0.3, -0.25) is 19.2 Å². The summed E-state index contributed by atoms with van der Waals surface area (Å²) < 4.78 is 105. The van der Waals surface area contributed by atoms with E-state index in [0.717, 1.165) is 36.6 Å². The van der Waals surface area contributed by atoms with Crippen LogP contribution in [0, 0.1) is 0 Å². The first-order valence-electron chi connectivity index (χ1n) is 45.0. The summed E-state index contributed by atoms with van der Waals surface area (Å²) in [5.74, 6) is -5.49. The molecule has 6 N–H and O–H groups in total. The fraction of sp³-hybridized carbons (Fsp3) is 0.288. The minimum atomic E-state index is -2.26. The van der Waals surface area contributed by atoms with Gasteiger partial charge in [0.25, 0.3) is 0 Å². The van der Waals surface area contributed by atoms with Gasteiger partial charge in [0.2, 0.25) is 0 Å². The summed E-state index contributed by atoms with van der Waals surface area (Å²) in [6, 6.07) is 85.6. The van der Waals surface area contributed by atoms with Gasteiger partial charge in [0.1, 0.15) is 12.7 Å². The molecule has 0 saturated carbocycles. The maximum atomic E-state index is 12.0. The Kier molecular flexibility index (Phi) is 44.1. The molecule has 0 radical (unpaired) electrons. The number of benzene rings is 3.